The molecule has 0 N–H and O–H groups in total. The number of ketones is 3. The number of carbonyl (C=O) groups excluding carboxylic acids is 3. The van der Waals surface area contributed by atoms with Crippen LogP contribution in [0.3, 0.4) is 0 Å². The molecule has 0 amide bonds. The van der Waals surface area contributed by atoms with Gasteiger partial charge in [-0.05, 0) is 102 Å². The number of halogens is 4. The summed E-state index contributed by atoms with van der Waals surface area (Å²) in [5.74, 6) is -5.65. The number of allylic oxidation sites excluding steroid dienone is 4. The summed E-state index contributed by atoms with van der Waals surface area (Å²) in [4.78, 5) is 44.4. The fourth-order valence-corrected chi connectivity index (χ4v) is 14.9. The molecule has 270 valence electrons. The van der Waals surface area contributed by atoms with Crippen molar-refractivity contribution in [3.8, 4) is 0 Å². The normalized spacial score (nSPS) is 21.2. The zero-order valence-corrected chi connectivity index (χ0v) is 31.3. The second-order valence-electron chi connectivity index (χ2n) is 15.7. The summed E-state index contributed by atoms with van der Waals surface area (Å²) in [5.41, 5.74) is 6.30. The van der Waals surface area contributed by atoms with Gasteiger partial charge in [0.1, 0.15) is 0 Å². The minimum atomic E-state index is -1.15. The predicted octanol–water partition coefficient (Wildman–Crippen LogP) is 12.2. The fourth-order valence-electron chi connectivity index (χ4n) is 10.6. The van der Waals surface area contributed by atoms with Crippen LogP contribution in [0.15, 0.2) is 47.5 Å². The Hall–Kier alpha value is -4.25. The van der Waals surface area contributed by atoms with Gasteiger partial charge in [0.15, 0.2) is 40.6 Å². The first-order valence-electron chi connectivity index (χ1n) is 18.6. The van der Waals surface area contributed by atoms with E-state index in [1.165, 1.54) is 54.3 Å². The first-order chi connectivity index (χ1) is 26.1. The number of hydrogen-bond acceptors (Lipinski definition) is 6. The van der Waals surface area contributed by atoms with Crippen molar-refractivity contribution in [2.45, 2.75) is 81.5 Å². The third kappa shape index (κ3) is 4.30. The molecule has 0 bridgehead atoms. The van der Waals surface area contributed by atoms with Gasteiger partial charge in [0.25, 0.3) is 0 Å². The van der Waals surface area contributed by atoms with E-state index in [0.29, 0.717) is 11.1 Å². The molecule has 54 heavy (non-hydrogen) atoms. The third-order valence-electron chi connectivity index (χ3n) is 12.9. The summed E-state index contributed by atoms with van der Waals surface area (Å²) in [6.07, 6.45) is 14.7. The van der Waals surface area contributed by atoms with Crippen molar-refractivity contribution in [2.75, 3.05) is 0 Å². The van der Waals surface area contributed by atoms with Gasteiger partial charge >= 0.3 is 0 Å². The molecule has 0 aliphatic heterocycles. The number of fused-ring (bicyclic) bond motifs is 12. The van der Waals surface area contributed by atoms with E-state index < -0.39 is 34.8 Å². The zero-order valence-electron chi connectivity index (χ0n) is 28.9. The van der Waals surface area contributed by atoms with Crippen LogP contribution < -0.4 is 0 Å². The van der Waals surface area contributed by atoms with E-state index >= 15 is 0 Å². The van der Waals surface area contributed by atoms with E-state index in [1.54, 1.807) is 28.7 Å². The van der Waals surface area contributed by atoms with Gasteiger partial charge in [-0.15, -0.1) is 34.0 Å². The second-order valence-corrected chi connectivity index (χ2v) is 18.9. The van der Waals surface area contributed by atoms with E-state index in [1.807, 2.05) is 17.4 Å². The quantitative estimate of drug-likeness (QED) is 0.102. The van der Waals surface area contributed by atoms with Crippen molar-refractivity contribution >= 4 is 84.1 Å². The van der Waals surface area contributed by atoms with Gasteiger partial charge in [-0.25, -0.2) is 17.6 Å². The highest BCUT2D eigenvalue weighted by Gasteiger charge is 2.59. The van der Waals surface area contributed by atoms with Crippen molar-refractivity contribution in [2.24, 2.45) is 0 Å². The maximum Gasteiger partial charge on any atom is 0.197 e. The topological polar surface area (TPSA) is 51.2 Å². The lowest BCUT2D eigenvalue weighted by molar-refractivity contribution is 0.0988. The molecular weight excluding hydrogens is 749 g/mol. The molecule has 6 aliphatic rings. The molecule has 3 heterocycles. The summed E-state index contributed by atoms with van der Waals surface area (Å²) < 4.78 is 58.7. The van der Waals surface area contributed by atoms with E-state index in [0.717, 1.165) is 85.4 Å². The second kappa shape index (κ2) is 11.4. The van der Waals surface area contributed by atoms with Gasteiger partial charge in [-0.2, -0.15) is 0 Å². The number of benzene rings is 2. The Bertz CT molecular complexity index is 2660. The molecule has 5 aromatic rings. The molecular formula is C44H30F4O3S3. The molecule has 0 saturated heterocycles. The van der Waals surface area contributed by atoms with Crippen LogP contribution in [0.5, 0.6) is 0 Å². The molecule has 0 unspecified atom stereocenters. The minimum Gasteiger partial charge on any atom is -0.289 e. The molecule has 2 aromatic carbocycles. The summed E-state index contributed by atoms with van der Waals surface area (Å²) in [6.45, 7) is 0. The monoisotopic (exact) mass is 778 g/mol. The number of Topliss-reactive ketones (excluding diaryl/α,β-unsaturated/α-hetero) is 3. The summed E-state index contributed by atoms with van der Waals surface area (Å²) >= 11 is 5.18. The highest BCUT2D eigenvalue weighted by molar-refractivity contribution is 7.29. The summed E-state index contributed by atoms with van der Waals surface area (Å²) in [7, 11) is 0. The highest BCUT2D eigenvalue weighted by atomic mass is 32.1. The molecule has 0 radical (unpaired) electrons. The Kier molecular flexibility index (Phi) is 6.99. The standard InChI is InChI=1S/C44H30F4O3S3/c45-29-13-20-11-21(37(49)24(20)17-30(29)46)12-22-16-33-41(53-22)36-42(54-33)35-34(44(36)9-5-2-6-10-44)40-28(43(35)7-3-1-4-8-43)15-23(52-40)14-27-38(50)25-18-31(47)32(48)19-26(25)39(27)51/h12-19H,1-11H2/b21-12+. The smallest absolute Gasteiger partial charge is 0.197 e. The third-order valence-corrected chi connectivity index (χ3v) is 16.4. The van der Waals surface area contributed by atoms with Crippen LogP contribution in [0.2, 0.25) is 0 Å². The Labute approximate surface area is 319 Å². The highest BCUT2D eigenvalue weighted by Crippen LogP contribution is 2.72. The van der Waals surface area contributed by atoms with Crippen LogP contribution in [0, 0.1) is 23.3 Å². The molecule has 2 spiro atoms. The number of thiophene rings is 3. The van der Waals surface area contributed by atoms with Crippen molar-refractivity contribution in [1.29, 1.82) is 0 Å². The molecule has 3 nitrogen and oxygen atoms in total. The van der Waals surface area contributed by atoms with Crippen LogP contribution in [0.25, 0.3) is 32.7 Å². The fraction of sp³-hybridized carbons (Fsp3) is 0.295. The lowest BCUT2D eigenvalue weighted by Gasteiger charge is -2.37. The zero-order chi connectivity index (χ0) is 36.8. The van der Waals surface area contributed by atoms with Gasteiger partial charge in [-0.3, -0.25) is 14.4 Å². The maximum absolute atomic E-state index is 14.1. The number of carbonyl (C=O) groups is 3. The Morgan fingerprint density at radius 1 is 0.556 bits per heavy atom. The number of rotatable bonds is 2. The molecule has 3 aromatic heterocycles. The van der Waals surface area contributed by atoms with Crippen molar-refractivity contribution in [1.82, 2.24) is 0 Å². The molecule has 6 aliphatic carbocycles. The lowest BCUT2D eigenvalue weighted by Crippen LogP contribution is -2.28. The average molecular weight is 779 g/mol. The van der Waals surface area contributed by atoms with E-state index in [2.05, 4.69) is 12.1 Å². The van der Waals surface area contributed by atoms with Gasteiger partial charge in [0.05, 0.1) is 10.3 Å². The van der Waals surface area contributed by atoms with Gasteiger partial charge in [-0.1, -0.05) is 38.5 Å². The summed E-state index contributed by atoms with van der Waals surface area (Å²) in [5, 5.41) is 0. The van der Waals surface area contributed by atoms with Gasteiger partial charge in [0, 0.05) is 63.7 Å². The van der Waals surface area contributed by atoms with E-state index in [9.17, 15) is 31.9 Å². The SMILES string of the molecule is O=C1/C(=C/c2cc3sc4c(c3s2)C2(CCCCC2)C2=C4C3(CCCCC3)c3cc(C=C4C(=O)c5cc(F)c(F)cc5C4=O)sc32)Cc2cc(F)c(F)cc21. The first kappa shape index (κ1) is 33.1. The molecule has 0 atom stereocenters. The Morgan fingerprint density at radius 3 is 1.80 bits per heavy atom. The van der Waals surface area contributed by atoms with Crippen molar-refractivity contribution in [3.05, 3.63) is 124 Å². The van der Waals surface area contributed by atoms with Crippen molar-refractivity contribution < 1.29 is 31.9 Å². The van der Waals surface area contributed by atoms with Crippen molar-refractivity contribution in [3.63, 3.8) is 0 Å². The lowest BCUT2D eigenvalue weighted by atomic mass is 9.67. The van der Waals surface area contributed by atoms with Crippen LogP contribution in [-0.2, 0) is 17.3 Å². The minimum absolute atomic E-state index is 0.0548. The van der Waals surface area contributed by atoms with Gasteiger partial charge < -0.3 is 0 Å². The molecule has 2 fully saturated rings. The molecule has 2 saturated carbocycles. The molecule has 11 rings (SSSR count). The number of hydrogen-bond donors (Lipinski definition) is 0. The average Bonchev–Trinajstić information content (AvgIpc) is 4.00. The summed E-state index contributed by atoms with van der Waals surface area (Å²) in [6, 6.07) is 8.18. The van der Waals surface area contributed by atoms with E-state index in [4.69, 9.17) is 0 Å². The van der Waals surface area contributed by atoms with Crippen LogP contribution in [-0.4, -0.2) is 17.3 Å². The van der Waals surface area contributed by atoms with Crippen LogP contribution in [0.4, 0.5) is 17.6 Å². The van der Waals surface area contributed by atoms with Gasteiger partial charge in [0.2, 0.25) is 0 Å². The predicted molar refractivity (Wildman–Crippen MR) is 206 cm³/mol. The Morgan fingerprint density at radius 2 is 1.13 bits per heavy atom. The maximum atomic E-state index is 14.1. The Balaban J connectivity index is 1.04. The van der Waals surface area contributed by atoms with Crippen LogP contribution >= 0.6 is 34.0 Å². The van der Waals surface area contributed by atoms with E-state index in [-0.39, 0.29) is 45.3 Å². The largest absolute Gasteiger partial charge is 0.289 e. The van der Waals surface area contributed by atoms with Crippen LogP contribution in [0.1, 0.15) is 131 Å². The first-order valence-corrected chi connectivity index (χ1v) is 21.0. The molecule has 10 heteroatoms.